The maximum Gasteiger partial charge on any atom is 0.243 e. The van der Waals surface area contributed by atoms with Crippen LogP contribution in [-0.4, -0.2) is 66.9 Å². The molecule has 2 aliphatic heterocycles. The van der Waals surface area contributed by atoms with Crippen molar-refractivity contribution in [2.24, 2.45) is 5.92 Å². The number of anilines is 1. The normalized spacial score (nSPS) is 17.1. The summed E-state index contributed by atoms with van der Waals surface area (Å²) in [5.41, 5.74) is 1.56. The summed E-state index contributed by atoms with van der Waals surface area (Å²) in [6.07, 6.45) is 1.82. The molecule has 2 aliphatic rings. The number of benzene rings is 2. The number of fused-ring (bicyclic) bond motifs is 1. The molecule has 8 heteroatoms. The fourth-order valence-corrected chi connectivity index (χ4v) is 4.39. The van der Waals surface area contributed by atoms with Crippen LogP contribution in [0, 0.1) is 5.92 Å². The number of likely N-dealkylation sites (N-methyl/N-ethyl adjacent to an activating group) is 1. The van der Waals surface area contributed by atoms with Gasteiger partial charge in [-0.3, -0.25) is 14.4 Å². The van der Waals surface area contributed by atoms with Crippen molar-refractivity contribution < 1.29 is 23.9 Å². The molecule has 0 bridgehead atoms. The second kappa shape index (κ2) is 11.0. The predicted octanol–water partition coefficient (Wildman–Crippen LogP) is 2.73. The van der Waals surface area contributed by atoms with Gasteiger partial charge in [0.05, 0.1) is 18.9 Å². The van der Waals surface area contributed by atoms with Crippen molar-refractivity contribution in [3.05, 3.63) is 54.1 Å². The number of nitrogens with one attached hydrogen (secondary N) is 1. The Kier molecular flexibility index (Phi) is 7.67. The van der Waals surface area contributed by atoms with E-state index in [-0.39, 0.29) is 30.2 Å². The summed E-state index contributed by atoms with van der Waals surface area (Å²) in [6, 6.07) is 14.9. The summed E-state index contributed by atoms with van der Waals surface area (Å²) in [4.78, 5) is 42.0. The number of hydrogen-bond donors (Lipinski definition) is 1. The van der Waals surface area contributed by atoms with Crippen LogP contribution in [0.3, 0.4) is 0 Å². The van der Waals surface area contributed by atoms with Gasteiger partial charge in [0.15, 0.2) is 11.5 Å². The summed E-state index contributed by atoms with van der Waals surface area (Å²) < 4.78 is 11.1. The first-order valence-corrected chi connectivity index (χ1v) is 11.8. The minimum absolute atomic E-state index is 0.0306. The molecule has 1 saturated heterocycles. The van der Waals surface area contributed by atoms with Crippen molar-refractivity contribution in [2.45, 2.75) is 26.2 Å². The van der Waals surface area contributed by atoms with Crippen molar-refractivity contribution in [3.63, 3.8) is 0 Å². The van der Waals surface area contributed by atoms with Gasteiger partial charge in [0.2, 0.25) is 17.7 Å². The SMILES string of the molecule is CCN(CC(=O)Nc1ccc2c(c1)OCCO2)C(=O)C1CCCN(C(=O)Cc2ccccc2)C1. The number of rotatable bonds is 7. The van der Waals surface area contributed by atoms with Crippen molar-refractivity contribution in [1.82, 2.24) is 9.80 Å². The van der Waals surface area contributed by atoms with Crippen LogP contribution in [0.2, 0.25) is 0 Å². The maximum absolute atomic E-state index is 13.2. The molecule has 1 atom stereocenters. The Labute approximate surface area is 199 Å². The van der Waals surface area contributed by atoms with Gasteiger partial charge in [-0.25, -0.2) is 0 Å². The summed E-state index contributed by atoms with van der Waals surface area (Å²) in [5, 5.41) is 2.84. The Morgan fingerprint density at radius 2 is 1.82 bits per heavy atom. The molecule has 0 saturated carbocycles. The van der Waals surface area contributed by atoms with E-state index in [1.54, 1.807) is 28.0 Å². The van der Waals surface area contributed by atoms with Gasteiger partial charge in [0.1, 0.15) is 13.2 Å². The molecule has 2 aromatic rings. The van der Waals surface area contributed by atoms with E-state index in [1.807, 2.05) is 37.3 Å². The Morgan fingerprint density at radius 3 is 2.59 bits per heavy atom. The number of ether oxygens (including phenoxy) is 2. The van der Waals surface area contributed by atoms with Crippen molar-refractivity contribution in [1.29, 1.82) is 0 Å². The predicted molar refractivity (Wildman–Crippen MR) is 128 cm³/mol. The van der Waals surface area contributed by atoms with Gasteiger partial charge in [-0.05, 0) is 37.5 Å². The standard InChI is InChI=1S/C26H31N3O5/c1-2-28(18-24(30)27-21-10-11-22-23(16-21)34-14-13-33-22)26(32)20-9-6-12-29(17-20)25(31)15-19-7-4-3-5-8-19/h3-5,7-8,10-11,16,20H,2,6,9,12-15,17-18H2,1H3,(H,27,30). The van der Waals surface area contributed by atoms with Crippen LogP contribution in [0.15, 0.2) is 48.5 Å². The lowest BCUT2D eigenvalue weighted by molar-refractivity contribution is -0.142. The lowest BCUT2D eigenvalue weighted by Gasteiger charge is -2.34. The van der Waals surface area contributed by atoms with Crippen LogP contribution in [0.25, 0.3) is 0 Å². The van der Waals surface area contributed by atoms with Crippen LogP contribution in [-0.2, 0) is 20.8 Å². The van der Waals surface area contributed by atoms with Gasteiger partial charge in [0, 0.05) is 31.4 Å². The van der Waals surface area contributed by atoms with E-state index in [0.717, 1.165) is 12.0 Å². The largest absolute Gasteiger partial charge is 0.486 e. The molecule has 0 aliphatic carbocycles. The molecule has 8 nitrogen and oxygen atoms in total. The fourth-order valence-electron chi connectivity index (χ4n) is 4.39. The first-order valence-electron chi connectivity index (χ1n) is 11.8. The lowest BCUT2D eigenvalue weighted by atomic mass is 9.95. The molecule has 0 spiro atoms. The first-order chi connectivity index (χ1) is 16.5. The highest BCUT2D eigenvalue weighted by atomic mass is 16.6. The Bertz CT molecular complexity index is 1030. The molecule has 34 heavy (non-hydrogen) atoms. The van der Waals surface area contributed by atoms with Crippen LogP contribution in [0.1, 0.15) is 25.3 Å². The zero-order valence-electron chi connectivity index (χ0n) is 19.5. The number of piperidine rings is 1. The minimum Gasteiger partial charge on any atom is -0.486 e. The van der Waals surface area contributed by atoms with Gasteiger partial charge < -0.3 is 24.6 Å². The topological polar surface area (TPSA) is 88.2 Å². The summed E-state index contributed by atoms with van der Waals surface area (Å²) >= 11 is 0. The van der Waals surface area contributed by atoms with Crippen molar-refractivity contribution in [2.75, 3.05) is 44.7 Å². The molecule has 180 valence electrons. The molecule has 2 aromatic carbocycles. The van der Waals surface area contributed by atoms with Gasteiger partial charge >= 0.3 is 0 Å². The monoisotopic (exact) mass is 465 g/mol. The van der Waals surface area contributed by atoms with E-state index >= 15 is 0 Å². The lowest BCUT2D eigenvalue weighted by Crippen LogP contribution is -2.48. The number of nitrogens with zero attached hydrogens (tertiary/aromatic N) is 2. The number of carbonyl (C=O) groups is 3. The zero-order chi connectivity index (χ0) is 23.9. The molecule has 2 heterocycles. The van der Waals surface area contributed by atoms with Crippen LogP contribution in [0.4, 0.5) is 5.69 Å². The molecule has 1 fully saturated rings. The Balaban J connectivity index is 1.32. The Hall–Kier alpha value is -3.55. The summed E-state index contributed by atoms with van der Waals surface area (Å²) in [6.45, 7) is 4.25. The van der Waals surface area contributed by atoms with Crippen molar-refractivity contribution in [3.8, 4) is 11.5 Å². The van der Waals surface area contributed by atoms with Gasteiger partial charge in [0.25, 0.3) is 0 Å². The van der Waals surface area contributed by atoms with Crippen LogP contribution < -0.4 is 14.8 Å². The molecule has 0 aromatic heterocycles. The third kappa shape index (κ3) is 5.87. The highest BCUT2D eigenvalue weighted by Gasteiger charge is 2.31. The molecule has 0 radical (unpaired) electrons. The number of likely N-dealkylation sites (tertiary alicyclic amines) is 1. The van der Waals surface area contributed by atoms with E-state index < -0.39 is 0 Å². The molecular weight excluding hydrogens is 434 g/mol. The second-order valence-corrected chi connectivity index (χ2v) is 8.60. The van der Waals surface area contributed by atoms with Gasteiger partial charge in [-0.1, -0.05) is 30.3 Å². The summed E-state index contributed by atoms with van der Waals surface area (Å²) in [5.74, 6) is 0.614. The fraction of sp³-hybridized carbons (Fsp3) is 0.423. The van der Waals surface area contributed by atoms with Crippen molar-refractivity contribution >= 4 is 23.4 Å². The highest BCUT2D eigenvalue weighted by Crippen LogP contribution is 2.32. The molecular formula is C26H31N3O5. The third-order valence-electron chi connectivity index (χ3n) is 6.18. The smallest absolute Gasteiger partial charge is 0.243 e. The number of carbonyl (C=O) groups excluding carboxylic acids is 3. The van der Waals surface area contributed by atoms with Gasteiger partial charge in [-0.15, -0.1) is 0 Å². The molecule has 1 unspecified atom stereocenters. The first kappa shape index (κ1) is 23.6. The van der Waals surface area contributed by atoms with Crippen LogP contribution in [0.5, 0.6) is 11.5 Å². The van der Waals surface area contributed by atoms with Gasteiger partial charge in [-0.2, -0.15) is 0 Å². The van der Waals surface area contributed by atoms with Crippen LogP contribution >= 0.6 is 0 Å². The number of hydrogen-bond acceptors (Lipinski definition) is 5. The van der Waals surface area contributed by atoms with E-state index in [2.05, 4.69) is 5.32 Å². The maximum atomic E-state index is 13.2. The van der Waals surface area contributed by atoms with E-state index in [1.165, 1.54) is 0 Å². The second-order valence-electron chi connectivity index (χ2n) is 8.60. The quantitative estimate of drug-likeness (QED) is 0.679. The van der Waals surface area contributed by atoms with E-state index in [4.69, 9.17) is 9.47 Å². The van der Waals surface area contributed by atoms with E-state index in [0.29, 0.717) is 62.9 Å². The summed E-state index contributed by atoms with van der Waals surface area (Å²) in [7, 11) is 0. The average molecular weight is 466 g/mol. The Morgan fingerprint density at radius 1 is 1.06 bits per heavy atom. The zero-order valence-corrected chi connectivity index (χ0v) is 19.5. The average Bonchev–Trinajstić information content (AvgIpc) is 2.87. The van der Waals surface area contributed by atoms with E-state index in [9.17, 15) is 14.4 Å². The highest BCUT2D eigenvalue weighted by molar-refractivity contribution is 5.95. The molecule has 1 N–H and O–H groups in total. The minimum atomic E-state index is -0.296. The third-order valence-corrected chi connectivity index (χ3v) is 6.18. The molecule has 3 amide bonds. The molecule has 4 rings (SSSR count). The number of amides is 3.